The number of anilines is 1. The van der Waals surface area contributed by atoms with Gasteiger partial charge in [-0.25, -0.2) is 8.42 Å². The fourth-order valence-electron chi connectivity index (χ4n) is 2.77. The maximum absolute atomic E-state index is 12.8. The second-order valence-corrected chi connectivity index (χ2v) is 7.54. The molecule has 0 saturated heterocycles. The summed E-state index contributed by atoms with van der Waals surface area (Å²) in [7, 11) is -3.71. The SMILES string of the molecule is CCN(CC(=O)N1CCOc2ccccc21)S(=O)(=O)c1ccccc1. The van der Waals surface area contributed by atoms with Gasteiger partial charge in [0.1, 0.15) is 12.4 Å². The Labute approximate surface area is 147 Å². The van der Waals surface area contributed by atoms with E-state index < -0.39 is 10.0 Å². The van der Waals surface area contributed by atoms with Gasteiger partial charge in [-0.3, -0.25) is 4.79 Å². The van der Waals surface area contributed by atoms with Crippen molar-refractivity contribution in [3.05, 3.63) is 54.6 Å². The molecule has 2 aromatic rings. The molecule has 1 heterocycles. The van der Waals surface area contributed by atoms with E-state index in [9.17, 15) is 13.2 Å². The first-order chi connectivity index (χ1) is 12.0. The highest BCUT2D eigenvalue weighted by Crippen LogP contribution is 2.31. The molecule has 1 aliphatic heterocycles. The van der Waals surface area contributed by atoms with E-state index in [2.05, 4.69) is 0 Å². The third-order valence-corrected chi connectivity index (χ3v) is 6.01. The number of sulfonamides is 1. The minimum Gasteiger partial charge on any atom is -0.490 e. The number of hydrogen-bond acceptors (Lipinski definition) is 4. The molecule has 1 amide bonds. The van der Waals surface area contributed by atoms with Gasteiger partial charge in [0.25, 0.3) is 0 Å². The van der Waals surface area contributed by atoms with Gasteiger partial charge in [0, 0.05) is 6.54 Å². The van der Waals surface area contributed by atoms with Gasteiger partial charge in [-0.05, 0) is 24.3 Å². The van der Waals surface area contributed by atoms with Gasteiger partial charge >= 0.3 is 0 Å². The summed E-state index contributed by atoms with van der Waals surface area (Å²) in [4.78, 5) is 14.5. The third kappa shape index (κ3) is 3.52. The molecule has 0 N–H and O–H groups in total. The molecule has 7 heteroatoms. The lowest BCUT2D eigenvalue weighted by Crippen LogP contribution is -2.45. The predicted octanol–water partition coefficient (Wildman–Crippen LogP) is 2.12. The number of carbonyl (C=O) groups is 1. The van der Waals surface area contributed by atoms with Crippen LogP contribution in [0.25, 0.3) is 0 Å². The summed E-state index contributed by atoms with van der Waals surface area (Å²) in [5, 5.41) is 0. The van der Waals surface area contributed by atoms with E-state index in [4.69, 9.17) is 4.74 Å². The summed E-state index contributed by atoms with van der Waals surface area (Å²) >= 11 is 0. The summed E-state index contributed by atoms with van der Waals surface area (Å²) in [5.74, 6) is 0.369. The Morgan fingerprint density at radius 3 is 2.52 bits per heavy atom. The zero-order chi connectivity index (χ0) is 17.9. The average Bonchev–Trinajstić information content (AvgIpc) is 2.66. The molecule has 3 rings (SSSR count). The molecular weight excluding hydrogens is 340 g/mol. The van der Waals surface area contributed by atoms with Crippen molar-refractivity contribution < 1.29 is 17.9 Å². The lowest BCUT2D eigenvalue weighted by Gasteiger charge is -2.31. The van der Waals surface area contributed by atoms with Crippen LogP contribution in [0.5, 0.6) is 5.75 Å². The van der Waals surface area contributed by atoms with E-state index in [0.717, 1.165) is 0 Å². The van der Waals surface area contributed by atoms with Gasteiger partial charge in [-0.1, -0.05) is 37.3 Å². The van der Waals surface area contributed by atoms with Gasteiger partial charge in [-0.15, -0.1) is 0 Å². The van der Waals surface area contributed by atoms with Gasteiger partial charge in [0.05, 0.1) is 23.7 Å². The Morgan fingerprint density at radius 2 is 1.80 bits per heavy atom. The highest BCUT2D eigenvalue weighted by molar-refractivity contribution is 7.89. The van der Waals surface area contributed by atoms with Crippen molar-refractivity contribution >= 4 is 21.6 Å². The summed E-state index contributed by atoms with van der Waals surface area (Å²) in [5.41, 5.74) is 0.673. The zero-order valence-corrected chi connectivity index (χ0v) is 14.8. The molecule has 0 fully saturated rings. The normalized spacial score (nSPS) is 14.1. The van der Waals surface area contributed by atoms with Crippen LogP contribution in [0.2, 0.25) is 0 Å². The van der Waals surface area contributed by atoms with Crippen LogP contribution in [0, 0.1) is 0 Å². The van der Waals surface area contributed by atoms with Crippen LogP contribution in [0.3, 0.4) is 0 Å². The van der Waals surface area contributed by atoms with Crippen LogP contribution < -0.4 is 9.64 Å². The van der Waals surface area contributed by atoms with Crippen molar-refractivity contribution in [3.63, 3.8) is 0 Å². The van der Waals surface area contributed by atoms with Crippen molar-refractivity contribution in [2.24, 2.45) is 0 Å². The number of fused-ring (bicyclic) bond motifs is 1. The van der Waals surface area contributed by atoms with Crippen molar-refractivity contribution in [2.45, 2.75) is 11.8 Å². The van der Waals surface area contributed by atoms with E-state index in [1.165, 1.54) is 16.4 Å². The van der Waals surface area contributed by atoms with Crippen molar-refractivity contribution in [2.75, 3.05) is 31.1 Å². The Balaban J connectivity index is 1.82. The van der Waals surface area contributed by atoms with E-state index in [-0.39, 0.29) is 23.9 Å². The molecule has 6 nitrogen and oxygen atoms in total. The molecule has 0 aromatic heterocycles. The summed E-state index contributed by atoms with van der Waals surface area (Å²) in [6, 6.07) is 15.4. The lowest BCUT2D eigenvalue weighted by atomic mass is 10.2. The molecular formula is C18H20N2O4S. The number of para-hydroxylation sites is 2. The monoisotopic (exact) mass is 360 g/mol. The Kier molecular flexibility index (Phi) is 5.06. The number of nitrogens with zero attached hydrogens (tertiary/aromatic N) is 2. The second-order valence-electron chi connectivity index (χ2n) is 5.61. The summed E-state index contributed by atoms with van der Waals surface area (Å²) in [6.07, 6.45) is 0. The van der Waals surface area contributed by atoms with E-state index >= 15 is 0 Å². The molecule has 0 atom stereocenters. The number of likely N-dealkylation sites (N-methyl/N-ethyl adjacent to an activating group) is 1. The van der Waals surface area contributed by atoms with Gasteiger partial charge in [0.15, 0.2) is 0 Å². The Morgan fingerprint density at radius 1 is 1.12 bits per heavy atom. The number of amides is 1. The van der Waals surface area contributed by atoms with Crippen LogP contribution >= 0.6 is 0 Å². The molecule has 0 bridgehead atoms. The van der Waals surface area contributed by atoms with Crippen molar-refractivity contribution in [3.8, 4) is 5.75 Å². The smallest absolute Gasteiger partial charge is 0.243 e. The van der Waals surface area contributed by atoms with E-state index in [1.807, 2.05) is 12.1 Å². The largest absolute Gasteiger partial charge is 0.490 e. The number of hydrogen-bond donors (Lipinski definition) is 0. The van der Waals surface area contributed by atoms with E-state index in [1.54, 1.807) is 42.2 Å². The molecule has 0 unspecified atom stereocenters. The number of rotatable bonds is 5. The molecule has 25 heavy (non-hydrogen) atoms. The molecule has 0 radical (unpaired) electrons. The Bertz CT molecular complexity index is 852. The van der Waals surface area contributed by atoms with Crippen molar-refractivity contribution in [1.29, 1.82) is 0 Å². The molecule has 1 aliphatic rings. The minimum atomic E-state index is -3.71. The van der Waals surface area contributed by atoms with Crippen LogP contribution in [0.15, 0.2) is 59.5 Å². The molecule has 0 saturated carbocycles. The van der Waals surface area contributed by atoms with Gasteiger partial charge in [0.2, 0.25) is 15.9 Å². The zero-order valence-electron chi connectivity index (χ0n) is 14.0. The van der Waals surface area contributed by atoms with Crippen LogP contribution in [0.1, 0.15) is 6.92 Å². The highest BCUT2D eigenvalue weighted by atomic mass is 32.2. The second kappa shape index (κ2) is 7.25. The lowest BCUT2D eigenvalue weighted by molar-refractivity contribution is -0.119. The maximum Gasteiger partial charge on any atom is 0.243 e. The quantitative estimate of drug-likeness (QED) is 0.819. The first-order valence-corrected chi connectivity index (χ1v) is 9.55. The topological polar surface area (TPSA) is 66.9 Å². The molecule has 132 valence electrons. The predicted molar refractivity (Wildman–Crippen MR) is 95.2 cm³/mol. The highest BCUT2D eigenvalue weighted by Gasteiger charge is 2.29. The number of benzene rings is 2. The van der Waals surface area contributed by atoms with E-state index in [0.29, 0.717) is 24.6 Å². The first kappa shape index (κ1) is 17.4. The van der Waals surface area contributed by atoms with Gasteiger partial charge in [-0.2, -0.15) is 4.31 Å². The third-order valence-electron chi connectivity index (χ3n) is 4.07. The van der Waals surface area contributed by atoms with Gasteiger partial charge < -0.3 is 9.64 Å². The number of carbonyl (C=O) groups excluding carboxylic acids is 1. The van der Waals surface area contributed by atoms with Crippen LogP contribution in [-0.2, 0) is 14.8 Å². The van der Waals surface area contributed by atoms with Crippen LogP contribution in [0.4, 0.5) is 5.69 Å². The maximum atomic E-state index is 12.8. The standard InChI is InChI=1S/C18H20N2O4S/c1-2-19(25(22,23)15-8-4-3-5-9-15)14-18(21)20-12-13-24-17-11-7-6-10-16(17)20/h3-11H,2,12-14H2,1H3. The Hall–Kier alpha value is -2.38. The fraction of sp³-hybridized carbons (Fsp3) is 0.278. The van der Waals surface area contributed by atoms with Crippen LogP contribution in [-0.4, -0.2) is 44.9 Å². The number of ether oxygens (including phenoxy) is 1. The minimum absolute atomic E-state index is 0.187. The molecule has 0 spiro atoms. The van der Waals surface area contributed by atoms with Crippen molar-refractivity contribution in [1.82, 2.24) is 4.31 Å². The molecule has 2 aromatic carbocycles. The first-order valence-electron chi connectivity index (χ1n) is 8.11. The molecule has 0 aliphatic carbocycles. The summed E-state index contributed by atoms with van der Waals surface area (Å²) < 4.78 is 32.3. The fourth-order valence-corrected chi connectivity index (χ4v) is 4.19. The summed E-state index contributed by atoms with van der Waals surface area (Å²) in [6.45, 7) is 2.52. The average molecular weight is 360 g/mol.